The third-order valence-electron chi connectivity index (χ3n) is 4.34. The van der Waals surface area contributed by atoms with Gasteiger partial charge in [-0.1, -0.05) is 43.1 Å². The van der Waals surface area contributed by atoms with Gasteiger partial charge < -0.3 is 4.90 Å². The van der Waals surface area contributed by atoms with Crippen LogP contribution in [-0.4, -0.2) is 30.3 Å². The number of Topliss-reactive ketones (excluding diaryl/α,β-unsaturated/α-hetero) is 1. The van der Waals surface area contributed by atoms with Crippen LogP contribution in [0.4, 0.5) is 0 Å². The van der Waals surface area contributed by atoms with E-state index in [0.29, 0.717) is 27.4 Å². The summed E-state index contributed by atoms with van der Waals surface area (Å²) < 4.78 is 0. The third-order valence-corrected chi connectivity index (χ3v) is 5.16. The van der Waals surface area contributed by atoms with Crippen LogP contribution in [0.5, 0.6) is 0 Å². The molecule has 1 aromatic carbocycles. The highest BCUT2D eigenvalue weighted by Crippen LogP contribution is 2.30. The number of ketones is 1. The molecule has 0 saturated carbocycles. The molecule has 0 spiro atoms. The van der Waals surface area contributed by atoms with Crippen molar-refractivity contribution in [3.8, 4) is 0 Å². The molecule has 1 aliphatic rings. The van der Waals surface area contributed by atoms with Crippen LogP contribution in [0.25, 0.3) is 0 Å². The summed E-state index contributed by atoms with van der Waals surface area (Å²) in [6.45, 7) is 7.61. The van der Waals surface area contributed by atoms with E-state index in [0.717, 1.165) is 19.6 Å². The molecule has 1 heterocycles. The highest BCUT2D eigenvalue weighted by molar-refractivity contribution is 6.43. The zero-order chi connectivity index (χ0) is 15.5. The monoisotopic (exact) mass is 327 g/mol. The smallest absolute Gasteiger partial charge is 0.165 e. The van der Waals surface area contributed by atoms with E-state index in [1.54, 1.807) is 18.2 Å². The molecule has 1 aromatic rings. The van der Waals surface area contributed by atoms with Gasteiger partial charge >= 0.3 is 0 Å². The number of nitrogens with zero attached hydrogens (tertiary/aromatic N) is 1. The van der Waals surface area contributed by atoms with Gasteiger partial charge in [0.25, 0.3) is 0 Å². The van der Waals surface area contributed by atoms with Crippen molar-refractivity contribution in [3.63, 3.8) is 0 Å². The molecular formula is C17H23Cl2NO. The van der Waals surface area contributed by atoms with Crippen molar-refractivity contribution >= 4 is 29.0 Å². The van der Waals surface area contributed by atoms with E-state index in [2.05, 4.69) is 18.7 Å². The van der Waals surface area contributed by atoms with Gasteiger partial charge in [-0.2, -0.15) is 0 Å². The Morgan fingerprint density at radius 3 is 2.76 bits per heavy atom. The van der Waals surface area contributed by atoms with Gasteiger partial charge in [0, 0.05) is 18.5 Å². The number of hydrogen-bond donors (Lipinski definition) is 0. The SMILES string of the molecule is CC1(C)CCCN(CCC(=O)c2cccc(Cl)c2Cl)CC1. The maximum absolute atomic E-state index is 12.3. The topological polar surface area (TPSA) is 20.3 Å². The quantitative estimate of drug-likeness (QED) is 0.719. The molecule has 0 bridgehead atoms. The van der Waals surface area contributed by atoms with E-state index in [-0.39, 0.29) is 5.78 Å². The van der Waals surface area contributed by atoms with Crippen LogP contribution in [0.1, 0.15) is 49.9 Å². The Balaban J connectivity index is 1.91. The molecule has 0 aromatic heterocycles. The second-order valence-electron chi connectivity index (χ2n) is 6.63. The average molecular weight is 328 g/mol. The zero-order valence-corrected chi connectivity index (χ0v) is 14.3. The van der Waals surface area contributed by atoms with Crippen molar-refractivity contribution < 1.29 is 4.79 Å². The molecule has 4 heteroatoms. The predicted octanol–water partition coefficient (Wildman–Crippen LogP) is 5.08. The van der Waals surface area contributed by atoms with Gasteiger partial charge in [0.05, 0.1) is 10.0 Å². The molecule has 1 aliphatic heterocycles. The molecule has 21 heavy (non-hydrogen) atoms. The molecule has 2 rings (SSSR count). The fourth-order valence-electron chi connectivity index (χ4n) is 2.82. The molecule has 0 aliphatic carbocycles. The van der Waals surface area contributed by atoms with Crippen LogP contribution in [0, 0.1) is 5.41 Å². The lowest BCUT2D eigenvalue weighted by atomic mass is 9.85. The lowest BCUT2D eigenvalue weighted by Gasteiger charge is -2.23. The molecular weight excluding hydrogens is 305 g/mol. The third kappa shape index (κ3) is 4.70. The van der Waals surface area contributed by atoms with E-state index in [1.165, 1.54) is 19.3 Å². The molecule has 0 unspecified atom stereocenters. The Labute approximate surface area is 137 Å². The van der Waals surface area contributed by atoms with Crippen molar-refractivity contribution in [3.05, 3.63) is 33.8 Å². The maximum Gasteiger partial charge on any atom is 0.165 e. The van der Waals surface area contributed by atoms with Crippen LogP contribution < -0.4 is 0 Å². The Morgan fingerprint density at radius 1 is 1.24 bits per heavy atom. The van der Waals surface area contributed by atoms with Gasteiger partial charge in [0.15, 0.2) is 5.78 Å². The summed E-state index contributed by atoms with van der Waals surface area (Å²) in [4.78, 5) is 14.7. The average Bonchev–Trinajstić information content (AvgIpc) is 2.60. The van der Waals surface area contributed by atoms with E-state index in [1.807, 2.05) is 0 Å². The molecule has 1 saturated heterocycles. The minimum atomic E-state index is 0.0750. The predicted molar refractivity (Wildman–Crippen MR) is 89.5 cm³/mol. The lowest BCUT2D eigenvalue weighted by Crippen LogP contribution is -2.28. The minimum absolute atomic E-state index is 0.0750. The van der Waals surface area contributed by atoms with Crippen LogP contribution in [0.15, 0.2) is 18.2 Å². The Bertz CT molecular complexity index is 514. The molecule has 116 valence electrons. The summed E-state index contributed by atoms with van der Waals surface area (Å²) in [7, 11) is 0. The van der Waals surface area contributed by atoms with Crippen LogP contribution in [0.3, 0.4) is 0 Å². The minimum Gasteiger partial charge on any atom is -0.303 e. The number of carbonyl (C=O) groups excluding carboxylic acids is 1. The van der Waals surface area contributed by atoms with Gasteiger partial charge in [-0.05, 0) is 49.9 Å². The summed E-state index contributed by atoms with van der Waals surface area (Å²) in [6.07, 6.45) is 4.16. The highest BCUT2D eigenvalue weighted by Gasteiger charge is 2.23. The van der Waals surface area contributed by atoms with Gasteiger partial charge in [-0.3, -0.25) is 4.79 Å². The molecule has 0 N–H and O–H groups in total. The van der Waals surface area contributed by atoms with Crippen molar-refractivity contribution in [2.75, 3.05) is 19.6 Å². The first kappa shape index (κ1) is 16.8. The number of benzene rings is 1. The molecule has 2 nitrogen and oxygen atoms in total. The van der Waals surface area contributed by atoms with E-state index in [9.17, 15) is 4.79 Å². The fraction of sp³-hybridized carbons (Fsp3) is 0.588. The number of likely N-dealkylation sites (tertiary alicyclic amines) is 1. The first-order valence-electron chi connectivity index (χ1n) is 7.59. The van der Waals surface area contributed by atoms with Crippen molar-refractivity contribution in [2.45, 2.75) is 39.5 Å². The first-order valence-corrected chi connectivity index (χ1v) is 8.34. The molecule has 0 atom stereocenters. The largest absolute Gasteiger partial charge is 0.303 e. The summed E-state index contributed by atoms with van der Waals surface area (Å²) in [5.74, 6) is 0.0750. The summed E-state index contributed by atoms with van der Waals surface area (Å²) in [5.41, 5.74) is 0.967. The normalized spacial score (nSPS) is 19.2. The highest BCUT2D eigenvalue weighted by atomic mass is 35.5. The van der Waals surface area contributed by atoms with Crippen LogP contribution >= 0.6 is 23.2 Å². The molecule has 1 fully saturated rings. The molecule has 0 radical (unpaired) electrons. The van der Waals surface area contributed by atoms with Gasteiger partial charge in [-0.15, -0.1) is 0 Å². The van der Waals surface area contributed by atoms with E-state index < -0.39 is 0 Å². The maximum atomic E-state index is 12.3. The zero-order valence-electron chi connectivity index (χ0n) is 12.8. The van der Waals surface area contributed by atoms with E-state index >= 15 is 0 Å². The number of rotatable bonds is 4. The standard InChI is InChI=1S/C17H23Cl2NO/c1-17(2)8-4-10-20(12-9-17)11-7-15(21)13-5-3-6-14(18)16(13)19/h3,5-6H,4,7-12H2,1-2H3. The van der Waals surface area contributed by atoms with Crippen molar-refractivity contribution in [1.29, 1.82) is 0 Å². The van der Waals surface area contributed by atoms with Crippen LogP contribution in [0.2, 0.25) is 10.0 Å². The second kappa shape index (κ2) is 7.13. The van der Waals surface area contributed by atoms with Gasteiger partial charge in [-0.25, -0.2) is 0 Å². The Kier molecular flexibility index (Phi) is 5.70. The first-order chi connectivity index (χ1) is 9.89. The van der Waals surface area contributed by atoms with Crippen molar-refractivity contribution in [2.24, 2.45) is 5.41 Å². The Hall–Kier alpha value is -0.570. The summed E-state index contributed by atoms with van der Waals surface area (Å²) in [5, 5.41) is 0.820. The molecule has 0 amide bonds. The van der Waals surface area contributed by atoms with Gasteiger partial charge in [0.1, 0.15) is 0 Å². The number of halogens is 2. The van der Waals surface area contributed by atoms with Crippen molar-refractivity contribution in [1.82, 2.24) is 4.90 Å². The summed E-state index contributed by atoms with van der Waals surface area (Å²) >= 11 is 12.1. The van der Waals surface area contributed by atoms with Gasteiger partial charge in [0.2, 0.25) is 0 Å². The second-order valence-corrected chi connectivity index (χ2v) is 7.42. The fourth-order valence-corrected chi connectivity index (χ4v) is 3.22. The number of carbonyl (C=O) groups is 1. The van der Waals surface area contributed by atoms with Crippen LogP contribution in [-0.2, 0) is 0 Å². The summed E-state index contributed by atoms with van der Waals surface area (Å²) in [6, 6.07) is 5.23. The van der Waals surface area contributed by atoms with E-state index in [4.69, 9.17) is 23.2 Å². The lowest BCUT2D eigenvalue weighted by molar-refractivity contribution is 0.0964. The Morgan fingerprint density at radius 2 is 2.00 bits per heavy atom. The number of hydrogen-bond acceptors (Lipinski definition) is 2.